The molecule has 0 aromatic rings. The Morgan fingerprint density at radius 2 is 1.89 bits per heavy atom. The van der Waals surface area contributed by atoms with Crippen molar-refractivity contribution in [2.24, 2.45) is 22.9 Å². The third-order valence-corrected chi connectivity index (χ3v) is 7.56. The Balaban J connectivity index is 0.00000280. The second kappa shape index (κ2) is 11.3. The highest BCUT2D eigenvalue weighted by Gasteiger charge is 2.40. The number of halogens is 1. The number of esters is 1. The van der Waals surface area contributed by atoms with Gasteiger partial charge in [0.1, 0.15) is 5.37 Å². The summed E-state index contributed by atoms with van der Waals surface area (Å²) in [5.41, 5.74) is 0. The van der Waals surface area contributed by atoms with Crippen LogP contribution in [0.15, 0.2) is 5.10 Å². The largest absolute Gasteiger partial charge is 0.469 e. The molecule has 1 atom stereocenters. The Kier molecular flexibility index (Phi) is 9.37. The van der Waals surface area contributed by atoms with E-state index in [1.54, 1.807) is 12.1 Å². The predicted octanol–water partition coefficient (Wildman–Crippen LogP) is 3.20. The molecule has 3 rings (SSSR count). The van der Waals surface area contributed by atoms with Gasteiger partial charge in [-0.3, -0.25) is 4.79 Å². The second-order valence-corrected chi connectivity index (χ2v) is 8.90. The summed E-state index contributed by atoms with van der Waals surface area (Å²) in [5.74, 6) is 1.43. The van der Waals surface area contributed by atoms with Gasteiger partial charge >= 0.3 is 12.0 Å². The minimum Gasteiger partial charge on any atom is -0.469 e. The summed E-state index contributed by atoms with van der Waals surface area (Å²) in [4.78, 5) is 23.7. The van der Waals surface area contributed by atoms with E-state index in [4.69, 9.17) is 9.84 Å². The number of ether oxygens (including phenoxy) is 1. The van der Waals surface area contributed by atoms with Crippen LogP contribution in [0.25, 0.3) is 0 Å². The molecule has 0 aromatic carbocycles. The van der Waals surface area contributed by atoms with Crippen LogP contribution in [0.5, 0.6) is 0 Å². The fourth-order valence-corrected chi connectivity index (χ4v) is 5.88. The van der Waals surface area contributed by atoms with E-state index in [9.17, 15) is 9.59 Å². The van der Waals surface area contributed by atoms with E-state index in [-0.39, 0.29) is 29.8 Å². The summed E-state index contributed by atoms with van der Waals surface area (Å²) < 4.78 is 4.75. The van der Waals surface area contributed by atoms with E-state index in [1.807, 2.05) is 11.8 Å². The number of carbonyl (C=O) groups is 2. The molecule has 1 aliphatic carbocycles. The van der Waals surface area contributed by atoms with Crippen molar-refractivity contribution in [3.8, 4) is 0 Å². The topological polar surface area (TPSA) is 83.0 Å². The van der Waals surface area contributed by atoms with Gasteiger partial charge in [-0.1, -0.05) is 11.8 Å². The smallest absolute Gasteiger partial charge is 0.338 e. The van der Waals surface area contributed by atoms with Crippen LogP contribution in [-0.4, -0.2) is 54.7 Å². The van der Waals surface area contributed by atoms with Gasteiger partial charge in [0.05, 0.1) is 12.2 Å². The van der Waals surface area contributed by atoms with Crippen LogP contribution in [0.2, 0.25) is 0 Å². The molecule has 1 unspecified atom stereocenters. The van der Waals surface area contributed by atoms with Crippen LogP contribution in [0.1, 0.15) is 51.4 Å². The fourth-order valence-electron chi connectivity index (χ4n) is 4.36. The summed E-state index contributed by atoms with van der Waals surface area (Å²) in [5, 5.41) is 13.9. The Bertz CT molecular complexity index is 563. The molecule has 1 saturated heterocycles. The van der Waals surface area contributed by atoms with E-state index < -0.39 is 0 Å². The number of hydrazone groups is 1. The molecule has 160 valence electrons. The van der Waals surface area contributed by atoms with Crippen molar-refractivity contribution >= 4 is 41.2 Å². The molecule has 2 aliphatic heterocycles. The first-order valence-electron chi connectivity index (χ1n) is 10.2. The lowest BCUT2D eigenvalue weighted by molar-refractivity contribution is -0.141. The number of rotatable bonds is 5. The third kappa shape index (κ3) is 5.76. The molecule has 2 heterocycles. The van der Waals surface area contributed by atoms with Crippen LogP contribution in [-0.2, 0) is 9.53 Å². The number of amides is 2. The molecule has 7 nitrogen and oxygen atoms in total. The first kappa shape index (κ1) is 23.3. The Morgan fingerprint density at radius 1 is 1.21 bits per heavy atom. The first-order chi connectivity index (χ1) is 13.1. The first-order valence-corrected chi connectivity index (χ1v) is 11.0. The number of hydrogen-bond donors (Lipinski definition) is 2. The summed E-state index contributed by atoms with van der Waals surface area (Å²) in [6, 6.07) is -0.104. The molecule has 3 aliphatic rings. The number of nitrogens with zero attached hydrogens (tertiary/aromatic N) is 2. The third-order valence-electron chi connectivity index (χ3n) is 6.08. The quantitative estimate of drug-likeness (QED) is 0.652. The van der Waals surface area contributed by atoms with E-state index in [0.29, 0.717) is 24.2 Å². The molecule has 2 fully saturated rings. The van der Waals surface area contributed by atoms with Crippen LogP contribution in [0, 0.1) is 17.8 Å². The van der Waals surface area contributed by atoms with E-state index in [1.165, 1.54) is 7.11 Å². The maximum atomic E-state index is 12.4. The van der Waals surface area contributed by atoms with Crippen LogP contribution in [0.3, 0.4) is 0 Å². The molecule has 9 heteroatoms. The predicted molar refractivity (Wildman–Crippen MR) is 115 cm³/mol. The lowest BCUT2D eigenvalue weighted by Crippen LogP contribution is -2.44. The van der Waals surface area contributed by atoms with Crippen molar-refractivity contribution in [1.29, 1.82) is 0 Å². The van der Waals surface area contributed by atoms with E-state index in [0.717, 1.165) is 63.1 Å². The number of piperidine rings is 1. The van der Waals surface area contributed by atoms with Gasteiger partial charge in [-0.15, -0.1) is 12.4 Å². The van der Waals surface area contributed by atoms with E-state index in [2.05, 4.69) is 10.6 Å². The van der Waals surface area contributed by atoms with Gasteiger partial charge in [0, 0.05) is 19.4 Å². The molecule has 0 bridgehead atoms. The number of nitrogens with one attached hydrogen (secondary N) is 2. The normalized spacial score (nSPS) is 28.3. The molecule has 0 spiro atoms. The monoisotopic (exact) mass is 432 g/mol. The van der Waals surface area contributed by atoms with Crippen molar-refractivity contribution < 1.29 is 14.3 Å². The molecule has 0 aromatic heterocycles. The van der Waals surface area contributed by atoms with Crippen molar-refractivity contribution in [2.45, 2.75) is 56.7 Å². The summed E-state index contributed by atoms with van der Waals surface area (Å²) >= 11 is 1.81. The Morgan fingerprint density at radius 3 is 2.50 bits per heavy atom. The highest BCUT2D eigenvalue weighted by atomic mass is 35.5. The average Bonchev–Trinajstić information content (AvgIpc) is 3.18. The molecular weight excluding hydrogens is 400 g/mol. The molecule has 2 N–H and O–H groups in total. The highest BCUT2D eigenvalue weighted by Crippen LogP contribution is 2.42. The zero-order valence-electron chi connectivity index (χ0n) is 16.8. The molecule has 2 amide bonds. The average molecular weight is 433 g/mol. The van der Waals surface area contributed by atoms with Gasteiger partial charge in [0.2, 0.25) is 0 Å². The minimum atomic E-state index is -0.112. The van der Waals surface area contributed by atoms with Gasteiger partial charge in [0.25, 0.3) is 0 Å². The number of urea groups is 1. The van der Waals surface area contributed by atoms with Crippen molar-refractivity contribution in [3.63, 3.8) is 0 Å². The van der Waals surface area contributed by atoms with Crippen LogP contribution < -0.4 is 10.6 Å². The standard InChI is InChI=1S/C19H32N4O3S.ClH/c1-20-19(25)23-18(15-9-11-21-12-10-15)27-17(22-23)14-6-3-13(4-7-14)5-8-16(24)26-2;/h13-15,18,21H,3-12H2,1-2H3,(H,20,25);1H/t13-,14-,18?;. The van der Waals surface area contributed by atoms with Crippen LogP contribution in [0.4, 0.5) is 4.79 Å². The van der Waals surface area contributed by atoms with Gasteiger partial charge < -0.3 is 15.4 Å². The number of thioether (sulfide) groups is 1. The van der Waals surface area contributed by atoms with Crippen molar-refractivity contribution in [2.75, 3.05) is 27.2 Å². The molecule has 28 heavy (non-hydrogen) atoms. The molecule has 1 saturated carbocycles. The van der Waals surface area contributed by atoms with Crippen LogP contribution >= 0.6 is 24.2 Å². The zero-order chi connectivity index (χ0) is 19.2. The Labute approximate surface area is 178 Å². The van der Waals surface area contributed by atoms with Crippen molar-refractivity contribution in [1.82, 2.24) is 15.6 Å². The minimum absolute atomic E-state index is 0. The molecular formula is C19H33ClN4O3S. The van der Waals surface area contributed by atoms with Gasteiger partial charge in [0.15, 0.2) is 0 Å². The summed E-state index contributed by atoms with van der Waals surface area (Å²) in [6.07, 6.45) is 8.06. The van der Waals surface area contributed by atoms with Crippen molar-refractivity contribution in [3.05, 3.63) is 0 Å². The maximum absolute atomic E-state index is 12.4. The highest BCUT2D eigenvalue weighted by molar-refractivity contribution is 8.14. The summed E-state index contributed by atoms with van der Waals surface area (Å²) in [6.45, 7) is 2.04. The second-order valence-electron chi connectivity index (χ2n) is 7.77. The lowest BCUT2D eigenvalue weighted by atomic mass is 9.80. The zero-order valence-corrected chi connectivity index (χ0v) is 18.4. The van der Waals surface area contributed by atoms with Gasteiger partial charge in [-0.25, -0.2) is 9.80 Å². The lowest BCUT2D eigenvalue weighted by Gasteiger charge is -2.31. The van der Waals surface area contributed by atoms with Gasteiger partial charge in [-0.05, 0) is 69.9 Å². The Hall–Kier alpha value is -0.990. The van der Waals surface area contributed by atoms with Gasteiger partial charge in [-0.2, -0.15) is 5.10 Å². The van der Waals surface area contributed by atoms with E-state index >= 15 is 0 Å². The number of hydrogen-bond acceptors (Lipinski definition) is 6. The maximum Gasteiger partial charge on any atom is 0.338 e. The summed E-state index contributed by atoms with van der Waals surface area (Å²) in [7, 11) is 3.12. The SMILES string of the molecule is CNC(=O)N1N=C([C@H]2CC[C@H](CCC(=O)OC)CC2)SC1C1CCNCC1.Cl. The molecule has 0 radical (unpaired) electrons. The fraction of sp³-hybridized carbons (Fsp3) is 0.842. The number of methoxy groups -OCH3 is 1. The number of carbonyl (C=O) groups excluding carboxylic acids is 2.